The first-order valence-electron chi connectivity index (χ1n) is 2.91. The fourth-order valence-corrected chi connectivity index (χ4v) is 0.652. The topological polar surface area (TPSA) is 49.3 Å². The van der Waals surface area contributed by atoms with E-state index in [1.165, 1.54) is 12.2 Å². The van der Waals surface area contributed by atoms with Crippen molar-refractivity contribution in [3.8, 4) is 0 Å². The minimum absolute atomic E-state index is 0.0532. The summed E-state index contributed by atoms with van der Waals surface area (Å²) < 4.78 is 0. The van der Waals surface area contributed by atoms with Gasteiger partial charge in [-0.1, -0.05) is 24.9 Å². The van der Waals surface area contributed by atoms with Gasteiger partial charge in [-0.2, -0.15) is 0 Å². The molecule has 0 heterocycles. The molecule has 11 heavy (non-hydrogen) atoms. The predicted octanol–water partition coefficient (Wildman–Crippen LogP) is 0.730. The molecule has 0 fully saturated rings. The summed E-state index contributed by atoms with van der Waals surface area (Å²) in [5.74, 6) is -1.05. The number of hydrogen-bond donors (Lipinski definition) is 2. The Labute approximate surface area is 70.4 Å². The van der Waals surface area contributed by atoms with Crippen LogP contribution in [-0.4, -0.2) is 23.1 Å². The van der Waals surface area contributed by atoms with Gasteiger partial charge in [-0.3, -0.25) is 0 Å². The fourth-order valence-electron chi connectivity index (χ4n) is 0.497. The Kier molecular flexibility index (Phi) is 4.14. The van der Waals surface area contributed by atoms with Crippen molar-refractivity contribution in [1.29, 1.82) is 0 Å². The maximum Gasteiger partial charge on any atom is 0.338 e. The first kappa shape index (κ1) is 9.84. The maximum atomic E-state index is 10.4. The van der Waals surface area contributed by atoms with Crippen LogP contribution in [0.15, 0.2) is 24.3 Å². The molecule has 0 aromatic rings. The second-order valence-electron chi connectivity index (χ2n) is 1.70. The lowest BCUT2D eigenvalue weighted by Crippen LogP contribution is -2.22. The van der Waals surface area contributed by atoms with Crippen LogP contribution in [0.5, 0.6) is 0 Å². The summed E-state index contributed by atoms with van der Waals surface area (Å²) >= 11 is 4.71. The number of carboxylic acids is 1. The number of thiocarbonyl (C=S) groups is 1. The highest BCUT2D eigenvalue weighted by atomic mass is 32.1. The molecule has 0 aliphatic carbocycles. The van der Waals surface area contributed by atoms with Gasteiger partial charge in [-0.15, -0.1) is 0 Å². The molecule has 0 aliphatic rings. The van der Waals surface area contributed by atoms with Crippen LogP contribution in [0.1, 0.15) is 0 Å². The zero-order chi connectivity index (χ0) is 8.85. The molecule has 0 radical (unpaired) electrons. The second kappa shape index (κ2) is 4.62. The van der Waals surface area contributed by atoms with Gasteiger partial charge in [-0.25, -0.2) is 4.79 Å². The minimum Gasteiger partial charge on any atom is -0.478 e. The van der Waals surface area contributed by atoms with Crippen LogP contribution in [0.3, 0.4) is 0 Å². The highest BCUT2D eigenvalue weighted by Gasteiger charge is 2.09. The molecule has 0 bridgehead atoms. The molecule has 0 saturated carbocycles. The second-order valence-corrected chi connectivity index (χ2v) is 2.11. The smallest absolute Gasteiger partial charge is 0.338 e. The molecule has 0 aromatic carbocycles. The summed E-state index contributed by atoms with van der Waals surface area (Å²) in [6.45, 7) is 3.37. The molecular weight excluding hydrogens is 162 g/mol. The Morgan fingerprint density at radius 2 is 2.27 bits per heavy atom. The van der Waals surface area contributed by atoms with Crippen LogP contribution in [0.2, 0.25) is 0 Å². The lowest BCUT2D eigenvalue weighted by atomic mass is 10.2. The zero-order valence-corrected chi connectivity index (χ0v) is 6.94. The molecule has 0 aromatic heterocycles. The largest absolute Gasteiger partial charge is 0.478 e. The quantitative estimate of drug-likeness (QED) is 0.373. The molecule has 4 heteroatoms. The van der Waals surface area contributed by atoms with Crippen molar-refractivity contribution >= 4 is 23.2 Å². The summed E-state index contributed by atoms with van der Waals surface area (Å²) in [7, 11) is 1.57. The molecule has 0 atom stereocenters. The highest BCUT2D eigenvalue weighted by Crippen LogP contribution is 1.96. The van der Waals surface area contributed by atoms with Gasteiger partial charge in [0.05, 0.1) is 5.57 Å². The van der Waals surface area contributed by atoms with E-state index in [2.05, 4.69) is 11.9 Å². The summed E-state index contributed by atoms with van der Waals surface area (Å²) in [6.07, 6.45) is 2.73. The number of allylic oxidation sites excluding steroid dienone is 2. The molecule has 0 unspecified atom stereocenters. The van der Waals surface area contributed by atoms with E-state index in [1.807, 2.05) is 0 Å². The van der Waals surface area contributed by atoms with Crippen molar-refractivity contribution in [2.24, 2.45) is 0 Å². The van der Waals surface area contributed by atoms with Crippen molar-refractivity contribution in [1.82, 2.24) is 5.32 Å². The minimum atomic E-state index is -1.05. The Morgan fingerprint density at radius 1 is 1.73 bits per heavy atom. The van der Waals surface area contributed by atoms with E-state index >= 15 is 0 Å². The van der Waals surface area contributed by atoms with Gasteiger partial charge in [0.2, 0.25) is 0 Å². The van der Waals surface area contributed by atoms with E-state index < -0.39 is 5.97 Å². The lowest BCUT2D eigenvalue weighted by Gasteiger charge is -2.01. The number of carboxylic acid groups (broad SMARTS) is 1. The first-order chi connectivity index (χ1) is 5.13. The molecule has 0 amide bonds. The van der Waals surface area contributed by atoms with E-state index in [1.54, 1.807) is 7.05 Å². The van der Waals surface area contributed by atoms with Crippen LogP contribution in [0.25, 0.3) is 0 Å². The van der Waals surface area contributed by atoms with E-state index in [0.29, 0.717) is 0 Å². The molecule has 0 rings (SSSR count). The van der Waals surface area contributed by atoms with Gasteiger partial charge in [0.25, 0.3) is 0 Å². The van der Waals surface area contributed by atoms with Crippen LogP contribution in [0.4, 0.5) is 0 Å². The summed E-state index contributed by atoms with van der Waals surface area (Å²) in [5.41, 5.74) is 0.0532. The van der Waals surface area contributed by atoms with Gasteiger partial charge in [-0.05, 0) is 6.08 Å². The van der Waals surface area contributed by atoms with Crippen molar-refractivity contribution in [2.45, 2.75) is 0 Å². The standard InChI is InChI=1S/C7H9NO2S/c1-3-4-5(7(9)10)6(11)8-2/h3-4H,1H2,2H3,(H,8,11)(H,9,10)/b5-4+. The molecule has 0 aliphatic heterocycles. The number of hydrogen-bond acceptors (Lipinski definition) is 2. The number of rotatable bonds is 3. The number of carbonyl (C=O) groups is 1. The number of nitrogens with one attached hydrogen (secondary N) is 1. The Hall–Kier alpha value is -1.16. The molecule has 0 saturated heterocycles. The van der Waals surface area contributed by atoms with Gasteiger partial charge in [0, 0.05) is 7.05 Å². The molecule has 3 nitrogen and oxygen atoms in total. The Balaban J connectivity index is 4.61. The van der Waals surface area contributed by atoms with E-state index in [0.717, 1.165) is 0 Å². The van der Waals surface area contributed by atoms with Crippen LogP contribution in [-0.2, 0) is 4.79 Å². The van der Waals surface area contributed by atoms with Crippen molar-refractivity contribution in [3.63, 3.8) is 0 Å². The number of aliphatic carboxylic acids is 1. The molecule has 2 N–H and O–H groups in total. The van der Waals surface area contributed by atoms with Gasteiger partial charge < -0.3 is 10.4 Å². The highest BCUT2D eigenvalue weighted by molar-refractivity contribution is 7.80. The van der Waals surface area contributed by atoms with Crippen LogP contribution in [0, 0.1) is 0 Å². The van der Waals surface area contributed by atoms with Crippen molar-refractivity contribution in [2.75, 3.05) is 7.05 Å². The van der Waals surface area contributed by atoms with E-state index in [-0.39, 0.29) is 10.6 Å². The Bertz CT molecular complexity index is 220. The van der Waals surface area contributed by atoms with Gasteiger partial charge in [0.1, 0.15) is 4.99 Å². The fraction of sp³-hybridized carbons (Fsp3) is 0.143. The third-order valence-corrected chi connectivity index (χ3v) is 1.41. The van der Waals surface area contributed by atoms with E-state index in [4.69, 9.17) is 17.3 Å². The van der Waals surface area contributed by atoms with Gasteiger partial charge in [0.15, 0.2) is 0 Å². The van der Waals surface area contributed by atoms with Crippen LogP contribution < -0.4 is 5.32 Å². The Morgan fingerprint density at radius 3 is 2.55 bits per heavy atom. The van der Waals surface area contributed by atoms with Gasteiger partial charge >= 0.3 is 5.97 Å². The third kappa shape index (κ3) is 2.95. The molecule has 0 spiro atoms. The normalized spacial score (nSPS) is 10.5. The van der Waals surface area contributed by atoms with Crippen molar-refractivity contribution in [3.05, 3.63) is 24.3 Å². The molecule has 60 valence electrons. The number of likely N-dealkylation sites (N-methyl/N-ethyl adjacent to an activating group) is 1. The zero-order valence-electron chi connectivity index (χ0n) is 6.13. The lowest BCUT2D eigenvalue weighted by molar-refractivity contribution is -0.132. The SMILES string of the molecule is C=C/C=C(/C(=O)O)C(=S)NC. The average molecular weight is 171 g/mol. The molecular formula is C7H9NO2S. The summed E-state index contributed by atoms with van der Waals surface area (Å²) in [4.78, 5) is 10.7. The third-order valence-electron chi connectivity index (χ3n) is 0.987. The van der Waals surface area contributed by atoms with Crippen molar-refractivity contribution < 1.29 is 9.90 Å². The van der Waals surface area contributed by atoms with Crippen LogP contribution >= 0.6 is 12.2 Å². The van der Waals surface area contributed by atoms with E-state index in [9.17, 15) is 4.79 Å². The maximum absolute atomic E-state index is 10.4. The average Bonchev–Trinajstić information content (AvgIpc) is 1.98. The monoisotopic (exact) mass is 171 g/mol. The summed E-state index contributed by atoms with van der Waals surface area (Å²) in [5, 5.41) is 11.1. The predicted molar refractivity (Wildman–Crippen MR) is 47.6 cm³/mol. The summed E-state index contributed by atoms with van der Waals surface area (Å²) in [6, 6.07) is 0. The first-order valence-corrected chi connectivity index (χ1v) is 3.32.